The van der Waals surface area contributed by atoms with Crippen LogP contribution in [0.3, 0.4) is 0 Å². The van der Waals surface area contributed by atoms with Crippen LogP contribution in [-0.4, -0.2) is 37.2 Å². The molecule has 0 spiro atoms. The van der Waals surface area contributed by atoms with E-state index in [4.69, 9.17) is 14.2 Å². The summed E-state index contributed by atoms with van der Waals surface area (Å²) in [6.45, 7) is 13.7. The molecule has 0 amide bonds. The SMILES string of the molecule is CCC(C)CCCCCCCCC(=O)OC[C@@H](COC(=O)CCCCCCCCCCCCCCCCCCC(C)C)OC(=O)CCCCCCCCCCCCCCC(C)C. The lowest BCUT2D eigenvalue weighted by atomic mass is 10.00. The van der Waals surface area contributed by atoms with Crippen molar-refractivity contribution in [1.29, 1.82) is 0 Å². The van der Waals surface area contributed by atoms with Crippen molar-refractivity contribution in [2.24, 2.45) is 17.8 Å². The lowest BCUT2D eigenvalue weighted by Crippen LogP contribution is -2.30. The van der Waals surface area contributed by atoms with Crippen molar-refractivity contribution in [3.8, 4) is 0 Å². The van der Waals surface area contributed by atoms with Crippen LogP contribution in [0.5, 0.6) is 0 Å². The second-order valence-electron chi connectivity index (χ2n) is 20.4. The third-order valence-corrected chi connectivity index (χ3v) is 13.0. The van der Waals surface area contributed by atoms with E-state index in [2.05, 4.69) is 41.5 Å². The average Bonchev–Trinajstić information content (AvgIpc) is 3.24. The molecular weight excluding hydrogens is 769 g/mol. The summed E-state index contributed by atoms with van der Waals surface area (Å²) in [4.78, 5) is 38.0. The van der Waals surface area contributed by atoms with Gasteiger partial charge >= 0.3 is 17.9 Å². The Morgan fingerprint density at radius 3 is 0.839 bits per heavy atom. The van der Waals surface area contributed by atoms with E-state index in [0.29, 0.717) is 19.3 Å². The van der Waals surface area contributed by atoms with Crippen molar-refractivity contribution in [2.45, 2.75) is 311 Å². The van der Waals surface area contributed by atoms with Crippen LogP contribution in [0.1, 0.15) is 305 Å². The van der Waals surface area contributed by atoms with Gasteiger partial charge in [0, 0.05) is 19.3 Å². The van der Waals surface area contributed by atoms with Gasteiger partial charge in [-0.15, -0.1) is 0 Å². The van der Waals surface area contributed by atoms with Crippen LogP contribution in [0.4, 0.5) is 0 Å². The van der Waals surface area contributed by atoms with E-state index in [1.54, 1.807) is 0 Å². The molecule has 1 unspecified atom stereocenters. The van der Waals surface area contributed by atoms with Gasteiger partial charge < -0.3 is 14.2 Å². The van der Waals surface area contributed by atoms with Gasteiger partial charge in [0.15, 0.2) is 6.10 Å². The maximum absolute atomic E-state index is 12.8. The zero-order valence-electron chi connectivity index (χ0n) is 42.7. The van der Waals surface area contributed by atoms with E-state index in [9.17, 15) is 14.4 Å². The zero-order valence-corrected chi connectivity index (χ0v) is 42.7. The van der Waals surface area contributed by atoms with Gasteiger partial charge in [0.1, 0.15) is 13.2 Å². The van der Waals surface area contributed by atoms with E-state index < -0.39 is 6.10 Å². The Kier molecular flexibility index (Phi) is 46.2. The molecule has 6 nitrogen and oxygen atoms in total. The Bertz CT molecular complexity index is 962. The maximum Gasteiger partial charge on any atom is 0.306 e. The molecule has 0 N–H and O–H groups in total. The molecule has 0 saturated carbocycles. The van der Waals surface area contributed by atoms with Gasteiger partial charge in [-0.1, -0.05) is 266 Å². The second-order valence-corrected chi connectivity index (χ2v) is 20.4. The number of hydrogen-bond acceptors (Lipinski definition) is 6. The highest BCUT2D eigenvalue weighted by molar-refractivity contribution is 5.71. The topological polar surface area (TPSA) is 78.9 Å². The lowest BCUT2D eigenvalue weighted by molar-refractivity contribution is -0.167. The number of carbonyl (C=O) groups is 3. The smallest absolute Gasteiger partial charge is 0.306 e. The van der Waals surface area contributed by atoms with Gasteiger partial charge in [-0.05, 0) is 37.0 Å². The lowest BCUT2D eigenvalue weighted by Gasteiger charge is -2.18. The standard InChI is InChI=1S/C56H108O6/c1-7-52(6)44-38-32-28-29-34-40-46-55(58)61-49-53(62-56(59)47-41-35-27-23-19-15-14-17-21-25-31-37-43-51(4)5)48-60-54(57)45-39-33-26-22-18-13-11-9-8-10-12-16-20-24-30-36-42-50(2)3/h50-53H,7-49H2,1-6H3/t52?,53-/m1/s1. The first kappa shape index (κ1) is 60.4. The van der Waals surface area contributed by atoms with E-state index in [1.807, 2.05) is 0 Å². The van der Waals surface area contributed by atoms with Gasteiger partial charge in [0.05, 0.1) is 0 Å². The van der Waals surface area contributed by atoms with Crippen molar-refractivity contribution in [3.05, 3.63) is 0 Å². The van der Waals surface area contributed by atoms with Crippen molar-refractivity contribution in [1.82, 2.24) is 0 Å². The van der Waals surface area contributed by atoms with E-state index >= 15 is 0 Å². The van der Waals surface area contributed by atoms with E-state index in [1.165, 1.54) is 186 Å². The minimum absolute atomic E-state index is 0.0646. The molecule has 0 bridgehead atoms. The fourth-order valence-corrected chi connectivity index (χ4v) is 8.44. The summed E-state index contributed by atoms with van der Waals surface area (Å²) >= 11 is 0. The minimum atomic E-state index is -0.763. The Morgan fingerprint density at radius 2 is 0.565 bits per heavy atom. The predicted octanol–water partition coefficient (Wildman–Crippen LogP) is 17.9. The summed E-state index contributed by atoms with van der Waals surface area (Å²) in [6, 6.07) is 0. The number of esters is 3. The highest BCUT2D eigenvalue weighted by atomic mass is 16.6. The van der Waals surface area contributed by atoms with Crippen molar-refractivity contribution in [2.75, 3.05) is 13.2 Å². The Morgan fingerprint density at radius 1 is 0.323 bits per heavy atom. The van der Waals surface area contributed by atoms with Crippen LogP contribution in [0.2, 0.25) is 0 Å². The molecule has 0 saturated heterocycles. The fraction of sp³-hybridized carbons (Fsp3) is 0.946. The summed E-state index contributed by atoms with van der Waals surface area (Å²) in [6.07, 6.45) is 48.1. The molecule has 0 aliphatic carbocycles. The molecule has 6 heteroatoms. The quantitative estimate of drug-likeness (QED) is 0.0344. The van der Waals surface area contributed by atoms with Crippen molar-refractivity contribution in [3.63, 3.8) is 0 Å². The molecule has 2 atom stereocenters. The molecule has 0 rings (SSSR count). The second kappa shape index (κ2) is 47.4. The number of ether oxygens (including phenoxy) is 3. The first-order valence-corrected chi connectivity index (χ1v) is 27.6. The number of hydrogen-bond donors (Lipinski definition) is 0. The van der Waals surface area contributed by atoms with Gasteiger partial charge in [-0.3, -0.25) is 14.4 Å². The molecular formula is C56H108O6. The molecule has 0 aromatic heterocycles. The van der Waals surface area contributed by atoms with Crippen LogP contribution in [-0.2, 0) is 28.6 Å². The normalized spacial score (nSPS) is 12.6. The highest BCUT2D eigenvalue weighted by Gasteiger charge is 2.19. The number of rotatable bonds is 49. The van der Waals surface area contributed by atoms with E-state index in [-0.39, 0.29) is 31.1 Å². The molecule has 0 aromatic rings. The Hall–Kier alpha value is -1.59. The first-order chi connectivity index (χ1) is 30.1. The molecule has 0 aliphatic heterocycles. The van der Waals surface area contributed by atoms with Crippen molar-refractivity contribution < 1.29 is 28.6 Å². The highest BCUT2D eigenvalue weighted by Crippen LogP contribution is 2.18. The Labute approximate surface area is 387 Å². The summed E-state index contributed by atoms with van der Waals surface area (Å²) in [5, 5.41) is 0. The molecule has 0 aliphatic rings. The summed E-state index contributed by atoms with van der Waals surface area (Å²) in [5.41, 5.74) is 0. The van der Waals surface area contributed by atoms with Crippen LogP contribution in [0, 0.1) is 17.8 Å². The third-order valence-electron chi connectivity index (χ3n) is 13.0. The maximum atomic E-state index is 12.8. The predicted molar refractivity (Wildman–Crippen MR) is 266 cm³/mol. The summed E-state index contributed by atoms with van der Waals surface area (Å²) in [7, 11) is 0. The molecule has 0 radical (unpaired) electrons. The van der Waals surface area contributed by atoms with Gasteiger partial charge in [-0.2, -0.15) is 0 Å². The van der Waals surface area contributed by atoms with Gasteiger partial charge in [-0.25, -0.2) is 0 Å². The number of carbonyl (C=O) groups excluding carboxylic acids is 3. The minimum Gasteiger partial charge on any atom is -0.462 e. The van der Waals surface area contributed by atoms with E-state index in [0.717, 1.165) is 75.5 Å². The largest absolute Gasteiger partial charge is 0.462 e. The average molecular weight is 877 g/mol. The third kappa shape index (κ3) is 47.9. The van der Waals surface area contributed by atoms with Crippen LogP contribution >= 0.6 is 0 Å². The number of unbranched alkanes of at least 4 members (excludes halogenated alkanes) is 31. The van der Waals surface area contributed by atoms with Crippen LogP contribution < -0.4 is 0 Å². The van der Waals surface area contributed by atoms with Crippen molar-refractivity contribution >= 4 is 17.9 Å². The molecule has 62 heavy (non-hydrogen) atoms. The molecule has 368 valence electrons. The first-order valence-electron chi connectivity index (χ1n) is 27.6. The molecule has 0 fully saturated rings. The summed E-state index contributed by atoms with van der Waals surface area (Å²) in [5.74, 6) is 1.65. The fourth-order valence-electron chi connectivity index (χ4n) is 8.44. The molecule has 0 heterocycles. The van der Waals surface area contributed by atoms with Crippen LogP contribution in [0.25, 0.3) is 0 Å². The Balaban J connectivity index is 4.25. The van der Waals surface area contributed by atoms with Gasteiger partial charge in [0.25, 0.3) is 0 Å². The van der Waals surface area contributed by atoms with Crippen LogP contribution in [0.15, 0.2) is 0 Å². The zero-order chi connectivity index (χ0) is 45.6. The molecule has 0 aromatic carbocycles. The monoisotopic (exact) mass is 877 g/mol. The summed E-state index contributed by atoms with van der Waals surface area (Å²) < 4.78 is 16.8. The van der Waals surface area contributed by atoms with Gasteiger partial charge in [0.2, 0.25) is 0 Å².